The van der Waals surface area contributed by atoms with Crippen LogP contribution in [0, 0.1) is 5.92 Å². The molecule has 3 atom stereocenters. The number of ether oxygens (including phenoxy) is 2. The number of nitrogens with zero attached hydrogens (tertiary/aromatic N) is 1. The summed E-state index contributed by atoms with van der Waals surface area (Å²) >= 11 is 6.09. The first kappa shape index (κ1) is 25.3. The summed E-state index contributed by atoms with van der Waals surface area (Å²) in [7, 11) is 2.89. The summed E-state index contributed by atoms with van der Waals surface area (Å²) in [5.41, 5.74) is 2.00. The van der Waals surface area contributed by atoms with Crippen molar-refractivity contribution in [2.24, 2.45) is 5.92 Å². The van der Waals surface area contributed by atoms with Crippen LogP contribution in [0.2, 0.25) is 5.02 Å². The van der Waals surface area contributed by atoms with Crippen LogP contribution in [0.5, 0.6) is 5.75 Å². The minimum atomic E-state index is -0.874. The Bertz CT molecular complexity index is 1210. The summed E-state index contributed by atoms with van der Waals surface area (Å²) in [6.45, 7) is 0.265. The van der Waals surface area contributed by atoms with Gasteiger partial charge in [0.15, 0.2) is 0 Å². The highest BCUT2D eigenvalue weighted by atomic mass is 35.5. The predicted molar refractivity (Wildman–Crippen MR) is 136 cm³/mol. The average molecular weight is 507 g/mol. The van der Waals surface area contributed by atoms with Crippen LogP contribution in [0.25, 0.3) is 0 Å². The lowest BCUT2D eigenvalue weighted by Gasteiger charge is -2.31. The monoisotopic (exact) mass is 506 g/mol. The van der Waals surface area contributed by atoms with Crippen molar-refractivity contribution in [1.29, 1.82) is 0 Å². The van der Waals surface area contributed by atoms with E-state index in [9.17, 15) is 14.4 Å². The van der Waals surface area contributed by atoms with Gasteiger partial charge in [-0.3, -0.25) is 14.4 Å². The van der Waals surface area contributed by atoms with Gasteiger partial charge in [-0.05, 0) is 53.9 Å². The molecule has 3 unspecified atom stereocenters. The van der Waals surface area contributed by atoms with Gasteiger partial charge in [-0.15, -0.1) is 0 Å². The standard InChI is InChI=1S/C28H27ClN2O5/c1-35-22-14-8-18(9-15-22)17-30-26(32)24-16-23(28(34)36-2)25(19-10-12-21(29)13-11-19)31(24)27(33)20-6-4-3-5-7-20/h3-15,23-25H,16-17H2,1-2H3,(H,30,32). The molecule has 1 heterocycles. The van der Waals surface area contributed by atoms with E-state index in [1.54, 1.807) is 55.6 Å². The molecule has 0 radical (unpaired) electrons. The van der Waals surface area contributed by atoms with Gasteiger partial charge < -0.3 is 19.7 Å². The zero-order valence-electron chi connectivity index (χ0n) is 20.0. The van der Waals surface area contributed by atoms with Crippen LogP contribution in [0.3, 0.4) is 0 Å². The normalized spacial score (nSPS) is 19.0. The van der Waals surface area contributed by atoms with E-state index in [-0.39, 0.29) is 24.8 Å². The summed E-state index contributed by atoms with van der Waals surface area (Å²) in [5.74, 6) is -1.17. The van der Waals surface area contributed by atoms with Gasteiger partial charge in [-0.25, -0.2) is 0 Å². The van der Waals surface area contributed by atoms with Crippen molar-refractivity contribution in [1.82, 2.24) is 10.2 Å². The molecule has 1 aliphatic rings. The first-order valence-electron chi connectivity index (χ1n) is 11.5. The Hall–Kier alpha value is -3.84. The lowest BCUT2D eigenvalue weighted by Crippen LogP contribution is -2.46. The van der Waals surface area contributed by atoms with Crippen molar-refractivity contribution < 1.29 is 23.9 Å². The van der Waals surface area contributed by atoms with E-state index in [0.29, 0.717) is 21.9 Å². The summed E-state index contributed by atoms with van der Waals surface area (Å²) in [6, 6.07) is 21.4. The fourth-order valence-corrected chi connectivity index (χ4v) is 4.71. The van der Waals surface area contributed by atoms with E-state index in [1.807, 2.05) is 30.3 Å². The number of benzene rings is 3. The highest BCUT2D eigenvalue weighted by Crippen LogP contribution is 2.43. The number of carbonyl (C=O) groups excluding carboxylic acids is 3. The molecule has 3 aromatic carbocycles. The van der Waals surface area contributed by atoms with Gasteiger partial charge in [0, 0.05) is 17.1 Å². The number of nitrogens with one attached hydrogen (secondary N) is 1. The minimum Gasteiger partial charge on any atom is -0.497 e. The number of halogens is 1. The van der Waals surface area contributed by atoms with Crippen LogP contribution < -0.4 is 10.1 Å². The lowest BCUT2D eigenvalue weighted by atomic mass is 9.93. The van der Waals surface area contributed by atoms with Crippen molar-refractivity contribution in [3.8, 4) is 5.75 Å². The molecule has 186 valence electrons. The Morgan fingerprint density at radius 2 is 1.61 bits per heavy atom. The highest BCUT2D eigenvalue weighted by Gasteiger charge is 2.51. The third kappa shape index (κ3) is 5.36. The molecule has 1 fully saturated rings. The number of methoxy groups -OCH3 is 2. The molecule has 7 nitrogen and oxygen atoms in total. The molecule has 1 N–H and O–H groups in total. The van der Waals surface area contributed by atoms with Gasteiger partial charge in [0.2, 0.25) is 5.91 Å². The zero-order valence-corrected chi connectivity index (χ0v) is 20.8. The molecule has 0 saturated carbocycles. The molecule has 1 saturated heterocycles. The maximum absolute atomic E-state index is 13.8. The number of rotatable bonds is 7. The summed E-state index contributed by atoms with van der Waals surface area (Å²) < 4.78 is 10.3. The van der Waals surface area contributed by atoms with Crippen molar-refractivity contribution in [3.05, 3.63) is 101 Å². The van der Waals surface area contributed by atoms with Gasteiger partial charge >= 0.3 is 5.97 Å². The van der Waals surface area contributed by atoms with Gasteiger partial charge in [-0.1, -0.05) is 54.1 Å². The first-order valence-corrected chi connectivity index (χ1v) is 11.9. The van der Waals surface area contributed by atoms with E-state index in [2.05, 4.69) is 5.32 Å². The van der Waals surface area contributed by atoms with Crippen LogP contribution in [-0.4, -0.2) is 42.9 Å². The second-order valence-corrected chi connectivity index (χ2v) is 8.96. The van der Waals surface area contributed by atoms with Crippen LogP contribution in [0.1, 0.15) is 33.9 Å². The number of hydrogen-bond donors (Lipinski definition) is 1. The largest absolute Gasteiger partial charge is 0.497 e. The molecule has 3 aromatic rings. The summed E-state index contributed by atoms with van der Waals surface area (Å²) in [5, 5.41) is 3.46. The van der Waals surface area contributed by atoms with Crippen molar-refractivity contribution in [2.75, 3.05) is 14.2 Å². The Labute approximate surface area is 215 Å². The number of hydrogen-bond acceptors (Lipinski definition) is 5. The van der Waals surface area contributed by atoms with Gasteiger partial charge in [0.1, 0.15) is 11.8 Å². The first-order chi connectivity index (χ1) is 17.4. The molecular weight excluding hydrogens is 480 g/mol. The Kier molecular flexibility index (Phi) is 7.90. The van der Waals surface area contributed by atoms with Crippen LogP contribution in [0.4, 0.5) is 0 Å². The van der Waals surface area contributed by atoms with E-state index < -0.39 is 24.0 Å². The lowest BCUT2D eigenvalue weighted by molar-refractivity contribution is -0.146. The zero-order chi connectivity index (χ0) is 25.7. The van der Waals surface area contributed by atoms with Crippen LogP contribution in [-0.2, 0) is 20.9 Å². The van der Waals surface area contributed by atoms with Gasteiger partial charge in [0.05, 0.1) is 26.2 Å². The molecule has 0 spiro atoms. The van der Waals surface area contributed by atoms with Crippen molar-refractivity contribution >= 4 is 29.4 Å². The van der Waals surface area contributed by atoms with E-state index in [1.165, 1.54) is 12.0 Å². The maximum Gasteiger partial charge on any atom is 0.311 e. The molecule has 0 aromatic heterocycles. The molecule has 8 heteroatoms. The second-order valence-electron chi connectivity index (χ2n) is 8.52. The van der Waals surface area contributed by atoms with E-state index >= 15 is 0 Å². The van der Waals surface area contributed by atoms with Gasteiger partial charge in [-0.2, -0.15) is 0 Å². The quantitative estimate of drug-likeness (QED) is 0.480. The molecule has 0 bridgehead atoms. The number of amides is 2. The third-order valence-corrected chi connectivity index (χ3v) is 6.64. The topological polar surface area (TPSA) is 84.9 Å². The van der Waals surface area contributed by atoms with E-state index in [4.69, 9.17) is 21.1 Å². The number of esters is 1. The Balaban J connectivity index is 1.68. The van der Waals surface area contributed by atoms with Crippen molar-refractivity contribution in [3.63, 3.8) is 0 Å². The highest BCUT2D eigenvalue weighted by molar-refractivity contribution is 6.30. The summed E-state index contributed by atoms with van der Waals surface area (Å²) in [4.78, 5) is 41.6. The molecule has 2 amide bonds. The molecule has 1 aliphatic heterocycles. The third-order valence-electron chi connectivity index (χ3n) is 6.39. The second kappa shape index (κ2) is 11.3. The Morgan fingerprint density at radius 1 is 0.944 bits per heavy atom. The van der Waals surface area contributed by atoms with Crippen LogP contribution >= 0.6 is 11.6 Å². The maximum atomic E-state index is 13.8. The fraction of sp³-hybridized carbons (Fsp3) is 0.250. The van der Waals surface area contributed by atoms with E-state index in [0.717, 1.165) is 5.56 Å². The number of likely N-dealkylation sites (tertiary alicyclic amines) is 1. The van der Waals surface area contributed by atoms with Crippen molar-refractivity contribution in [2.45, 2.75) is 25.0 Å². The average Bonchev–Trinajstić information content (AvgIpc) is 3.32. The van der Waals surface area contributed by atoms with Crippen LogP contribution in [0.15, 0.2) is 78.9 Å². The molecule has 4 rings (SSSR count). The minimum absolute atomic E-state index is 0.132. The summed E-state index contributed by atoms with van der Waals surface area (Å²) in [6.07, 6.45) is 0.132. The smallest absolute Gasteiger partial charge is 0.311 e. The Morgan fingerprint density at radius 3 is 2.22 bits per heavy atom. The molecular formula is C28H27ClN2O5. The predicted octanol–water partition coefficient (Wildman–Crippen LogP) is 4.41. The number of carbonyl (C=O) groups is 3. The van der Waals surface area contributed by atoms with Gasteiger partial charge in [0.25, 0.3) is 5.91 Å². The fourth-order valence-electron chi connectivity index (χ4n) is 4.58. The SMILES string of the molecule is COC(=O)C1CC(C(=O)NCc2ccc(OC)cc2)N(C(=O)c2ccccc2)C1c1ccc(Cl)cc1. The molecule has 36 heavy (non-hydrogen) atoms. The molecule has 0 aliphatic carbocycles.